The van der Waals surface area contributed by atoms with Crippen LogP contribution < -0.4 is 10.5 Å². The maximum Gasteiger partial charge on any atom is 0.321 e. The first-order chi connectivity index (χ1) is 8.86. The van der Waals surface area contributed by atoms with Crippen LogP contribution in [0.25, 0.3) is 0 Å². The summed E-state index contributed by atoms with van der Waals surface area (Å²) in [5.41, 5.74) is 5.83. The Bertz CT molecular complexity index is 542. The average Bonchev–Trinajstić information content (AvgIpc) is 2.34. The van der Waals surface area contributed by atoms with E-state index in [1.807, 2.05) is 6.92 Å². The Morgan fingerprint density at radius 2 is 2.16 bits per heavy atom. The molecule has 0 spiro atoms. The second-order valence-electron chi connectivity index (χ2n) is 4.23. The van der Waals surface area contributed by atoms with Crippen LogP contribution in [0.15, 0.2) is 29.2 Å². The van der Waals surface area contributed by atoms with E-state index in [0.29, 0.717) is 12.1 Å². The Kier molecular flexibility index (Phi) is 5.31. The third kappa shape index (κ3) is 4.53. The standard InChI is InChI=1S/C12H18N2O4S/c1-2-3-7-11(12(15)16)14-19(17,18)10-6-4-5-9(13)8-10/h4-6,8,11,14H,2-3,7,13H2,1H3,(H,15,16). The number of nitrogens with one attached hydrogen (secondary N) is 1. The number of hydrogen-bond donors (Lipinski definition) is 3. The summed E-state index contributed by atoms with van der Waals surface area (Å²) in [6.45, 7) is 1.91. The molecule has 106 valence electrons. The molecule has 0 saturated carbocycles. The lowest BCUT2D eigenvalue weighted by molar-refractivity contribution is -0.139. The number of aliphatic carboxylic acids is 1. The number of nitrogen functional groups attached to an aromatic ring is 1. The van der Waals surface area contributed by atoms with Gasteiger partial charge < -0.3 is 10.8 Å². The number of carbonyl (C=O) groups is 1. The highest BCUT2D eigenvalue weighted by Crippen LogP contribution is 2.14. The second kappa shape index (κ2) is 6.53. The predicted octanol–water partition coefficient (Wildman–Crippen LogP) is 1.19. The molecule has 4 N–H and O–H groups in total. The van der Waals surface area contributed by atoms with Gasteiger partial charge in [0.25, 0.3) is 0 Å². The van der Waals surface area contributed by atoms with Crippen LogP contribution >= 0.6 is 0 Å². The molecule has 7 heteroatoms. The summed E-state index contributed by atoms with van der Waals surface area (Å²) in [6.07, 6.45) is 1.69. The van der Waals surface area contributed by atoms with Crippen molar-refractivity contribution >= 4 is 21.7 Å². The summed E-state index contributed by atoms with van der Waals surface area (Å²) in [7, 11) is -3.87. The third-order valence-corrected chi connectivity index (χ3v) is 4.08. The molecule has 1 aromatic carbocycles. The van der Waals surface area contributed by atoms with Gasteiger partial charge in [-0.3, -0.25) is 4.79 Å². The fraction of sp³-hybridized carbons (Fsp3) is 0.417. The summed E-state index contributed by atoms with van der Waals surface area (Å²) in [4.78, 5) is 11.0. The zero-order chi connectivity index (χ0) is 14.5. The molecule has 19 heavy (non-hydrogen) atoms. The Morgan fingerprint density at radius 1 is 1.47 bits per heavy atom. The molecule has 0 aliphatic heterocycles. The Hall–Kier alpha value is -1.60. The van der Waals surface area contributed by atoms with Crippen molar-refractivity contribution < 1.29 is 18.3 Å². The van der Waals surface area contributed by atoms with Gasteiger partial charge in [0.05, 0.1) is 4.90 Å². The van der Waals surface area contributed by atoms with Gasteiger partial charge in [0.15, 0.2) is 0 Å². The molecule has 0 bridgehead atoms. The SMILES string of the molecule is CCCCC(NS(=O)(=O)c1cccc(N)c1)C(=O)O. The number of carboxylic acid groups (broad SMARTS) is 1. The molecular formula is C12H18N2O4S. The first-order valence-electron chi connectivity index (χ1n) is 5.97. The minimum atomic E-state index is -3.87. The minimum absolute atomic E-state index is 0.0322. The van der Waals surface area contributed by atoms with Crippen molar-refractivity contribution in [3.05, 3.63) is 24.3 Å². The molecule has 0 saturated heterocycles. The lowest BCUT2D eigenvalue weighted by Crippen LogP contribution is -2.40. The van der Waals surface area contributed by atoms with E-state index in [0.717, 1.165) is 6.42 Å². The number of hydrogen-bond acceptors (Lipinski definition) is 4. The molecular weight excluding hydrogens is 268 g/mol. The lowest BCUT2D eigenvalue weighted by atomic mass is 10.1. The first kappa shape index (κ1) is 15.5. The van der Waals surface area contributed by atoms with Crippen LogP contribution in [-0.2, 0) is 14.8 Å². The summed E-state index contributed by atoms with van der Waals surface area (Å²) < 4.78 is 26.3. The number of anilines is 1. The van der Waals surface area contributed by atoms with Crippen LogP contribution in [0.1, 0.15) is 26.2 Å². The maximum absolute atomic E-state index is 12.0. The smallest absolute Gasteiger partial charge is 0.321 e. The monoisotopic (exact) mass is 286 g/mol. The minimum Gasteiger partial charge on any atom is -0.480 e. The van der Waals surface area contributed by atoms with Crippen LogP contribution in [-0.4, -0.2) is 25.5 Å². The van der Waals surface area contributed by atoms with Gasteiger partial charge in [-0.2, -0.15) is 4.72 Å². The Labute approximate surface area is 112 Å². The van der Waals surface area contributed by atoms with E-state index in [2.05, 4.69) is 4.72 Å². The van der Waals surface area contributed by atoms with Gasteiger partial charge in [0.2, 0.25) is 10.0 Å². The van der Waals surface area contributed by atoms with Crippen molar-refractivity contribution in [3.63, 3.8) is 0 Å². The molecule has 0 amide bonds. The number of carboxylic acids is 1. The number of sulfonamides is 1. The molecule has 0 aromatic heterocycles. The highest BCUT2D eigenvalue weighted by molar-refractivity contribution is 7.89. The summed E-state index contributed by atoms with van der Waals surface area (Å²) in [5.74, 6) is -1.18. The van der Waals surface area contributed by atoms with Gasteiger partial charge in [-0.25, -0.2) is 8.42 Å². The third-order valence-electron chi connectivity index (χ3n) is 2.61. The van der Waals surface area contributed by atoms with E-state index in [-0.39, 0.29) is 11.3 Å². The normalized spacial score (nSPS) is 13.1. The largest absolute Gasteiger partial charge is 0.480 e. The predicted molar refractivity (Wildman–Crippen MR) is 72.1 cm³/mol. The highest BCUT2D eigenvalue weighted by Gasteiger charge is 2.24. The number of rotatable bonds is 7. The van der Waals surface area contributed by atoms with E-state index in [9.17, 15) is 13.2 Å². The number of unbranched alkanes of at least 4 members (excludes halogenated alkanes) is 1. The van der Waals surface area contributed by atoms with E-state index in [1.165, 1.54) is 18.2 Å². The van der Waals surface area contributed by atoms with Crippen molar-refractivity contribution in [1.82, 2.24) is 4.72 Å². The topological polar surface area (TPSA) is 109 Å². The van der Waals surface area contributed by atoms with E-state index < -0.39 is 22.0 Å². The molecule has 0 aliphatic rings. The summed E-state index contributed by atoms with van der Waals surface area (Å²) in [5, 5.41) is 9.01. The summed E-state index contributed by atoms with van der Waals surface area (Å²) >= 11 is 0. The molecule has 1 atom stereocenters. The maximum atomic E-state index is 12.0. The molecule has 1 unspecified atom stereocenters. The molecule has 0 aliphatic carbocycles. The average molecular weight is 286 g/mol. The molecule has 6 nitrogen and oxygen atoms in total. The van der Waals surface area contributed by atoms with E-state index >= 15 is 0 Å². The van der Waals surface area contributed by atoms with Crippen molar-refractivity contribution in [2.45, 2.75) is 37.1 Å². The van der Waals surface area contributed by atoms with Crippen molar-refractivity contribution in [2.75, 3.05) is 5.73 Å². The van der Waals surface area contributed by atoms with E-state index in [1.54, 1.807) is 6.07 Å². The molecule has 1 rings (SSSR count). The molecule has 0 heterocycles. The van der Waals surface area contributed by atoms with Crippen LogP contribution in [0.4, 0.5) is 5.69 Å². The number of benzene rings is 1. The zero-order valence-electron chi connectivity index (χ0n) is 10.7. The van der Waals surface area contributed by atoms with E-state index in [4.69, 9.17) is 10.8 Å². The first-order valence-corrected chi connectivity index (χ1v) is 7.46. The van der Waals surface area contributed by atoms with Gasteiger partial charge in [-0.05, 0) is 24.6 Å². The molecule has 0 fully saturated rings. The van der Waals surface area contributed by atoms with Gasteiger partial charge in [0.1, 0.15) is 6.04 Å². The Balaban J connectivity index is 2.91. The quantitative estimate of drug-likeness (QED) is 0.652. The Morgan fingerprint density at radius 3 is 2.68 bits per heavy atom. The van der Waals surface area contributed by atoms with Crippen molar-refractivity contribution in [2.24, 2.45) is 0 Å². The molecule has 1 aromatic rings. The molecule has 0 radical (unpaired) electrons. The van der Waals surface area contributed by atoms with Gasteiger partial charge in [0, 0.05) is 5.69 Å². The van der Waals surface area contributed by atoms with Gasteiger partial charge in [-0.15, -0.1) is 0 Å². The zero-order valence-corrected chi connectivity index (χ0v) is 11.5. The summed E-state index contributed by atoms with van der Waals surface area (Å²) in [6, 6.07) is 4.61. The number of nitrogens with two attached hydrogens (primary N) is 1. The van der Waals surface area contributed by atoms with Crippen LogP contribution in [0, 0.1) is 0 Å². The van der Waals surface area contributed by atoms with Crippen molar-refractivity contribution in [3.8, 4) is 0 Å². The van der Waals surface area contributed by atoms with Crippen LogP contribution in [0.5, 0.6) is 0 Å². The van der Waals surface area contributed by atoms with Gasteiger partial charge >= 0.3 is 5.97 Å². The fourth-order valence-corrected chi connectivity index (χ4v) is 2.86. The van der Waals surface area contributed by atoms with Crippen molar-refractivity contribution in [1.29, 1.82) is 0 Å². The van der Waals surface area contributed by atoms with Crippen LogP contribution in [0.2, 0.25) is 0 Å². The van der Waals surface area contributed by atoms with Gasteiger partial charge in [-0.1, -0.05) is 25.8 Å². The van der Waals surface area contributed by atoms with Crippen LogP contribution in [0.3, 0.4) is 0 Å². The fourth-order valence-electron chi connectivity index (χ4n) is 1.58. The second-order valence-corrected chi connectivity index (χ2v) is 5.94. The highest BCUT2D eigenvalue weighted by atomic mass is 32.2. The lowest BCUT2D eigenvalue weighted by Gasteiger charge is -2.14.